The highest BCUT2D eigenvalue weighted by Crippen LogP contribution is 2.07. The molecule has 2 rings (SSSR count). The fraction of sp³-hybridized carbons (Fsp3) is 0.0769. The SMILES string of the molecule is Cl.NN.c1ccc(Cc2ccccc2)cc1. The average Bonchev–Trinajstić information content (AvgIpc) is 2.34. The minimum Gasteiger partial charge on any atom is -0.274 e. The summed E-state index contributed by atoms with van der Waals surface area (Å²) in [5.41, 5.74) is 2.74. The summed E-state index contributed by atoms with van der Waals surface area (Å²) in [5, 5.41) is 0. The number of hydrogen-bond acceptors (Lipinski definition) is 2. The van der Waals surface area contributed by atoms with Crippen LogP contribution in [0.3, 0.4) is 0 Å². The lowest BCUT2D eigenvalue weighted by Crippen LogP contribution is -2.02. The van der Waals surface area contributed by atoms with Crippen LogP contribution in [0.1, 0.15) is 11.1 Å². The minimum absolute atomic E-state index is 0. The van der Waals surface area contributed by atoms with Gasteiger partial charge in [-0.05, 0) is 17.5 Å². The maximum absolute atomic E-state index is 4.00. The van der Waals surface area contributed by atoms with Crippen LogP contribution in [0, 0.1) is 0 Å². The van der Waals surface area contributed by atoms with Gasteiger partial charge >= 0.3 is 0 Å². The number of hydrogen-bond donors (Lipinski definition) is 2. The first-order valence-electron chi connectivity index (χ1n) is 4.86. The van der Waals surface area contributed by atoms with Gasteiger partial charge in [0.15, 0.2) is 0 Å². The van der Waals surface area contributed by atoms with E-state index in [2.05, 4.69) is 72.3 Å². The standard InChI is InChI=1S/C13H12.ClH.H4N2/c1-3-7-12(8-4-1)11-13-9-5-2-6-10-13;;1-2/h1-10H,11H2;1H;1-2H2. The van der Waals surface area contributed by atoms with Crippen LogP contribution >= 0.6 is 12.4 Å². The zero-order valence-electron chi connectivity index (χ0n) is 9.04. The Labute approximate surface area is 103 Å². The maximum Gasteiger partial charge on any atom is -0.00258 e. The van der Waals surface area contributed by atoms with E-state index in [-0.39, 0.29) is 12.4 Å². The second-order valence-electron chi connectivity index (χ2n) is 3.15. The van der Waals surface area contributed by atoms with Crippen LogP contribution in [-0.4, -0.2) is 0 Å². The highest BCUT2D eigenvalue weighted by Gasteiger charge is 1.92. The molecule has 16 heavy (non-hydrogen) atoms. The van der Waals surface area contributed by atoms with Gasteiger partial charge in [-0.25, -0.2) is 0 Å². The molecule has 4 N–H and O–H groups in total. The summed E-state index contributed by atoms with van der Waals surface area (Å²) in [4.78, 5) is 0. The van der Waals surface area contributed by atoms with Crippen molar-refractivity contribution >= 4 is 12.4 Å². The molecule has 86 valence electrons. The first kappa shape index (κ1) is 14.6. The third-order valence-electron chi connectivity index (χ3n) is 2.09. The van der Waals surface area contributed by atoms with Crippen LogP contribution in [0.15, 0.2) is 60.7 Å². The van der Waals surface area contributed by atoms with Gasteiger partial charge in [-0.15, -0.1) is 12.4 Å². The molecular formula is C13H17ClN2. The van der Waals surface area contributed by atoms with Gasteiger partial charge < -0.3 is 0 Å². The fourth-order valence-corrected chi connectivity index (χ4v) is 1.43. The van der Waals surface area contributed by atoms with Crippen LogP contribution in [-0.2, 0) is 6.42 Å². The molecule has 0 heterocycles. The van der Waals surface area contributed by atoms with E-state index in [0.29, 0.717) is 0 Å². The summed E-state index contributed by atoms with van der Waals surface area (Å²) in [6.45, 7) is 0. The Hall–Kier alpha value is -1.35. The van der Waals surface area contributed by atoms with Gasteiger partial charge in [-0.1, -0.05) is 60.7 Å². The van der Waals surface area contributed by atoms with Gasteiger partial charge in [0.05, 0.1) is 0 Å². The monoisotopic (exact) mass is 236 g/mol. The van der Waals surface area contributed by atoms with Crippen LogP contribution in [0.2, 0.25) is 0 Å². The molecule has 0 aromatic heterocycles. The van der Waals surface area contributed by atoms with E-state index in [4.69, 9.17) is 0 Å². The third kappa shape index (κ3) is 4.94. The molecule has 3 heteroatoms. The molecule has 0 bridgehead atoms. The van der Waals surface area contributed by atoms with E-state index < -0.39 is 0 Å². The molecule has 0 aliphatic rings. The second kappa shape index (κ2) is 8.92. The number of benzene rings is 2. The lowest BCUT2D eigenvalue weighted by Gasteiger charge is -2.00. The number of nitrogens with two attached hydrogens (primary N) is 2. The Bertz CT molecular complexity index is 325. The average molecular weight is 237 g/mol. The van der Waals surface area contributed by atoms with Crippen LogP contribution < -0.4 is 11.7 Å². The summed E-state index contributed by atoms with van der Waals surface area (Å²) in [7, 11) is 0. The van der Waals surface area contributed by atoms with Crippen molar-refractivity contribution in [1.82, 2.24) is 0 Å². The van der Waals surface area contributed by atoms with E-state index in [9.17, 15) is 0 Å². The molecule has 0 aliphatic carbocycles. The largest absolute Gasteiger partial charge is 0.274 e. The first-order chi connectivity index (χ1) is 7.45. The van der Waals surface area contributed by atoms with Crippen molar-refractivity contribution in [1.29, 1.82) is 0 Å². The molecule has 0 amide bonds. The van der Waals surface area contributed by atoms with Crippen LogP contribution in [0.25, 0.3) is 0 Å². The molecule has 0 unspecified atom stereocenters. The highest BCUT2D eigenvalue weighted by molar-refractivity contribution is 5.85. The summed E-state index contributed by atoms with van der Waals surface area (Å²) in [6.07, 6.45) is 1.03. The van der Waals surface area contributed by atoms with Gasteiger partial charge in [0.1, 0.15) is 0 Å². The Kier molecular flexibility index (Phi) is 8.17. The van der Waals surface area contributed by atoms with Gasteiger partial charge in [0.2, 0.25) is 0 Å². The number of rotatable bonds is 2. The summed E-state index contributed by atoms with van der Waals surface area (Å²) >= 11 is 0. The first-order valence-corrected chi connectivity index (χ1v) is 4.86. The molecule has 0 spiro atoms. The Balaban J connectivity index is 0.000000711. The van der Waals surface area contributed by atoms with Gasteiger partial charge in [0.25, 0.3) is 0 Å². The Morgan fingerprint density at radius 1 is 0.625 bits per heavy atom. The normalized spacial score (nSPS) is 8.38. The van der Waals surface area contributed by atoms with Crippen LogP contribution in [0.5, 0.6) is 0 Å². The molecule has 0 saturated carbocycles. The molecule has 0 radical (unpaired) electrons. The third-order valence-corrected chi connectivity index (χ3v) is 2.09. The van der Waals surface area contributed by atoms with Gasteiger partial charge in [-0.2, -0.15) is 0 Å². The molecule has 0 atom stereocenters. The molecule has 2 aromatic rings. The highest BCUT2D eigenvalue weighted by atomic mass is 35.5. The Morgan fingerprint density at radius 3 is 1.25 bits per heavy atom. The predicted molar refractivity (Wildman–Crippen MR) is 71.3 cm³/mol. The molecule has 0 saturated heterocycles. The molecule has 0 aliphatic heterocycles. The van der Waals surface area contributed by atoms with Crippen molar-refractivity contribution in [2.45, 2.75) is 6.42 Å². The second-order valence-corrected chi connectivity index (χ2v) is 3.15. The number of hydrazine groups is 1. The smallest absolute Gasteiger partial charge is 0.00258 e. The van der Waals surface area contributed by atoms with Crippen molar-refractivity contribution in [2.24, 2.45) is 11.7 Å². The molecule has 2 nitrogen and oxygen atoms in total. The van der Waals surface area contributed by atoms with Crippen molar-refractivity contribution in [2.75, 3.05) is 0 Å². The number of halogens is 1. The van der Waals surface area contributed by atoms with E-state index in [1.807, 2.05) is 0 Å². The Morgan fingerprint density at radius 2 is 0.938 bits per heavy atom. The van der Waals surface area contributed by atoms with Crippen molar-refractivity contribution in [3.05, 3.63) is 71.8 Å². The van der Waals surface area contributed by atoms with Crippen molar-refractivity contribution in [3.8, 4) is 0 Å². The minimum atomic E-state index is 0. The molecule has 0 fully saturated rings. The van der Waals surface area contributed by atoms with E-state index in [1.54, 1.807) is 0 Å². The quantitative estimate of drug-likeness (QED) is 0.622. The zero-order valence-corrected chi connectivity index (χ0v) is 9.86. The van der Waals surface area contributed by atoms with Gasteiger partial charge in [0, 0.05) is 0 Å². The topological polar surface area (TPSA) is 52.0 Å². The van der Waals surface area contributed by atoms with Crippen LogP contribution in [0.4, 0.5) is 0 Å². The predicted octanol–water partition coefficient (Wildman–Crippen LogP) is 2.52. The maximum atomic E-state index is 4.00. The zero-order chi connectivity index (χ0) is 10.9. The summed E-state index contributed by atoms with van der Waals surface area (Å²) in [6, 6.07) is 21.1. The fourth-order valence-electron chi connectivity index (χ4n) is 1.43. The van der Waals surface area contributed by atoms with Crippen molar-refractivity contribution < 1.29 is 0 Å². The lowest BCUT2D eigenvalue weighted by atomic mass is 10.1. The summed E-state index contributed by atoms with van der Waals surface area (Å²) in [5.74, 6) is 8.00. The molecular weight excluding hydrogens is 220 g/mol. The molecule has 2 aromatic carbocycles. The van der Waals surface area contributed by atoms with E-state index in [1.165, 1.54) is 11.1 Å². The van der Waals surface area contributed by atoms with E-state index >= 15 is 0 Å². The van der Waals surface area contributed by atoms with Crippen molar-refractivity contribution in [3.63, 3.8) is 0 Å². The lowest BCUT2D eigenvalue weighted by molar-refractivity contribution is 1.19. The van der Waals surface area contributed by atoms with E-state index in [0.717, 1.165) is 6.42 Å². The van der Waals surface area contributed by atoms with Gasteiger partial charge in [-0.3, -0.25) is 11.7 Å². The summed E-state index contributed by atoms with van der Waals surface area (Å²) < 4.78 is 0.